The molecule has 0 amide bonds. The number of pyridine rings is 3. The SMILES string of the molecule is Cc1ccc(-c2[c-]cccc2)nc1.[2H]C([2H])([2H])c1ccc2c(n1)oc1c(-c3ccc4sc(C([2H])([2H])C(C)(C)C)c(C)c4n3)[c-]ccc12.[Ir]. The fourth-order valence-corrected chi connectivity index (χ4v) is 5.94. The van der Waals surface area contributed by atoms with Gasteiger partial charge in [0.15, 0.2) is 0 Å². The van der Waals surface area contributed by atoms with Gasteiger partial charge in [0, 0.05) is 49.1 Å². The Morgan fingerprint density at radius 3 is 2.47 bits per heavy atom. The number of rotatable bonds is 3. The smallest absolute Gasteiger partial charge is 0.216 e. The molecule has 0 aliphatic rings. The van der Waals surface area contributed by atoms with Crippen LogP contribution in [0.1, 0.15) is 49.3 Å². The molecule has 0 aliphatic heterocycles. The van der Waals surface area contributed by atoms with Crippen LogP contribution in [0.3, 0.4) is 0 Å². The molecule has 0 bridgehead atoms. The van der Waals surface area contributed by atoms with Crippen molar-refractivity contribution in [2.24, 2.45) is 5.41 Å². The number of hydrogen-bond acceptors (Lipinski definition) is 5. The molecule has 2 aromatic carbocycles. The molecule has 0 saturated carbocycles. The Labute approximate surface area is 277 Å². The minimum Gasteiger partial charge on any atom is -0.486 e. The summed E-state index contributed by atoms with van der Waals surface area (Å²) in [5.74, 6) is 0. The molecule has 5 aromatic heterocycles. The molecular formula is C37H33IrN3OS-2. The second kappa shape index (κ2) is 12.5. The molecule has 7 aromatic rings. The molecule has 7 rings (SSSR count). The molecule has 0 atom stereocenters. The van der Waals surface area contributed by atoms with Gasteiger partial charge in [-0.25, -0.2) is 4.98 Å². The Morgan fingerprint density at radius 2 is 1.74 bits per heavy atom. The summed E-state index contributed by atoms with van der Waals surface area (Å²) >= 11 is 1.44. The number of aryl methyl sites for hydroxylation is 3. The van der Waals surface area contributed by atoms with Crippen molar-refractivity contribution in [2.75, 3.05) is 0 Å². The quantitative estimate of drug-likeness (QED) is 0.168. The van der Waals surface area contributed by atoms with Crippen molar-refractivity contribution in [1.29, 1.82) is 0 Å². The van der Waals surface area contributed by atoms with Crippen LogP contribution in [0.2, 0.25) is 0 Å². The third-order valence-electron chi connectivity index (χ3n) is 6.71. The molecule has 219 valence electrons. The molecule has 0 N–H and O–H groups in total. The van der Waals surface area contributed by atoms with Crippen LogP contribution in [-0.2, 0) is 26.5 Å². The van der Waals surface area contributed by atoms with Crippen LogP contribution in [-0.4, -0.2) is 15.0 Å². The number of thiophene rings is 1. The first-order valence-electron chi connectivity index (χ1n) is 16.2. The zero-order chi connectivity index (χ0) is 33.7. The number of furan rings is 1. The average Bonchev–Trinajstić information content (AvgIpc) is 3.58. The minimum atomic E-state index is -2.32. The Morgan fingerprint density at radius 1 is 0.907 bits per heavy atom. The van der Waals surface area contributed by atoms with Gasteiger partial charge in [-0.05, 0) is 73.2 Å². The fraction of sp³-hybridized carbons (Fsp3) is 0.216. The van der Waals surface area contributed by atoms with Crippen LogP contribution >= 0.6 is 11.3 Å². The van der Waals surface area contributed by atoms with Crippen molar-refractivity contribution in [3.05, 3.63) is 113 Å². The summed E-state index contributed by atoms with van der Waals surface area (Å²) < 4.78 is 47.3. The van der Waals surface area contributed by atoms with Gasteiger partial charge < -0.3 is 9.40 Å². The zero-order valence-corrected chi connectivity index (χ0v) is 27.7. The van der Waals surface area contributed by atoms with E-state index in [2.05, 4.69) is 28.2 Å². The van der Waals surface area contributed by atoms with Gasteiger partial charge in [-0.15, -0.1) is 65.4 Å². The molecule has 1 radical (unpaired) electrons. The predicted octanol–water partition coefficient (Wildman–Crippen LogP) is 10.1. The third-order valence-corrected chi connectivity index (χ3v) is 7.87. The van der Waals surface area contributed by atoms with Gasteiger partial charge in [-0.1, -0.05) is 49.9 Å². The molecule has 0 aliphatic carbocycles. The maximum Gasteiger partial charge on any atom is 0.216 e. The van der Waals surface area contributed by atoms with Crippen molar-refractivity contribution in [3.8, 4) is 22.5 Å². The average molecular weight is 765 g/mol. The van der Waals surface area contributed by atoms with Crippen LogP contribution in [0.15, 0.2) is 83.4 Å². The van der Waals surface area contributed by atoms with E-state index in [1.54, 1.807) is 12.1 Å². The van der Waals surface area contributed by atoms with E-state index in [1.165, 1.54) is 23.0 Å². The van der Waals surface area contributed by atoms with Gasteiger partial charge in [-0.2, -0.15) is 0 Å². The molecular weight excluding hydrogens is 727 g/mol. The molecule has 5 heterocycles. The van der Waals surface area contributed by atoms with Crippen LogP contribution < -0.4 is 0 Å². The van der Waals surface area contributed by atoms with E-state index >= 15 is 0 Å². The second-order valence-corrected chi connectivity index (χ2v) is 12.3. The van der Waals surface area contributed by atoms with E-state index in [9.17, 15) is 0 Å². The minimum absolute atomic E-state index is 0. The van der Waals surface area contributed by atoms with Gasteiger partial charge in [0.05, 0.1) is 15.8 Å². The van der Waals surface area contributed by atoms with Crippen molar-refractivity contribution >= 4 is 43.6 Å². The van der Waals surface area contributed by atoms with Crippen LogP contribution in [0.4, 0.5) is 0 Å². The summed E-state index contributed by atoms with van der Waals surface area (Å²) in [5.41, 5.74) is 6.33. The second-order valence-electron chi connectivity index (χ2n) is 11.2. The first-order chi connectivity index (χ1) is 22.1. The standard InChI is InChI=1S/C25H23N2OS.C12H10N.Ir/c1-14-9-10-17-16-7-6-8-18(23(16)28-24(17)26-14)19-11-12-20-22(27-19)15(2)21(29-20)13-25(3,4)5;1-10-7-8-12(13-9-10)11-5-3-2-4-6-11;/h6-7,9-12H,13H2,1-5H3;2-5,7-9H,1H3;/q2*-1;/i1D3,13D2;;. The van der Waals surface area contributed by atoms with Crippen molar-refractivity contribution in [3.63, 3.8) is 0 Å². The molecule has 0 unspecified atom stereocenters. The molecule has 0 fully saturated rings. The van der Waals surface area contributed by atoms with Crippen LogP contribution in [0.5, 0.6) is 0 Å². The normalized spacial score (nSPS) is 13.7. The van der Waals surface area contributed by atoms with Crippen LogP contribution in [0, 0.1) is 38.2 Å². The molecule has 0 saturated heterocycles. The van der Waals surface area contributed by atoms with E-state index in [0.717, 1.165) is 37.8 Å². The number of aromatic nitrogens is 3. The van der Waals surface area contributed by atoms with E-state index in [4.69, 9.17) is 16.3 Å². The Hall–Kier alpha value is -3.70. The first kappa shape index (κ1) is 24.7. The molecule has 43 heavy (non-hydrogen) atoms. The number of fused-ring (bicyclic) bond motifs is 4. The Balaban J connectivity index is 0.000000270. The maximum atomic E-state index is 8.72. The van der Waals surface area contributed by atoms with Gasteiger partial charge in [0.2, 0.25) is 5.71 Å². The monoisotopic (exact) mass is 765 g/mol. The van der Waals surface area contributed by atoms with Crippen molar-refractivity contribution in [2.45, 2.75) is 47.8 Å². The predicted molar refractivity (Wildman–Crippen MR) is 175 cm³/mol. The first-order valence-corrected chi connectivity index (χ1v) is 14.5. The van der Waals surface area contributed by atoms with Gasteiger partial charge in [0.1, 0.15) is 0 Å². The van der Waals surface area contributed by atoms with Gasteiger partial charge in [0.25, 0.3) is 0 Å². The molecule has 4 nitrogen and oxygen atoms in total. The summed E-state index contributed by atoms with van der Waals surface area (Å²) in [6.07, 6.45) is 0.371. The Bertz CT molecular complexity index is 2220. The summed E-state index contributed by atoms with van der Waals surface area (Å²) in [7, 11) is 0. The van der Waals surface area contributed by atoms with Crippen molar-refractivity contribution < 1.29 is 31.4 Å². The van der Waals surface area contributed by atoms with Gasteiger partial charge >= 0.3 is 0 Å². The summed E-state index contributed by atoms with van der Waals surface area (Å²) in [5, 5.41) is 1.54. The van der Waals surface area contributed by atoms with E-state index in [-0.39, 0.29) is 31.5 Å². The number of nitrogens with zero attached hydrogens (tertiary/aromatic N) is 3. The number of hydrogen-bond donors (Lipinski definition) is 0. The number of benzene rings is 2. The van der Waals surface area contributed by atoms with E-state index in [1.807, 2.05) is 89.3 Å². The third kappa shape index (κ3) is 6.62. The van der Waals surface area contributed by atoms with Crippen molar-refractivity contribution in [1.82, 2.24) is 15.0 Å². The molecule has 6 heteroatoms. The summed E-state index contributed by atoms with van der Waals surface area (Å²) in [6, 6.07) is 29.0. The largest absolute Gasteiger partial charge is 0.486 e. The fourth-order valence-electron chi connectivity index (χ4n) is 4.68. The molecule has 0 spiro atoms. The van der Waals surface area contributed by atoms with Crippen LogP contribution in [0.25, 0.3) is 54.8 Å². The zero-order valence-electron chi connectivity index (χ0n) is 29.5. The summed E-state index contributed by atoms with van der Waals surface area (Å²) in [4.78, 5) is 14.1. The van der Waals surface area contributed by atoms with E-state index < -0.39 is 18.6 Å². The topological polar surface area (TPSA) is 51.8 Å². The van der Waals surface area contributed by atoms with E-state index in [0.29, 0.717) is 21.7 Å². The Kier molecular flexibility index (Phi) is 7.18. The summed E-state index contributed by atoms with van der Waals surface area (Å²) in [6.45, 7) is 7.34. The van der Waals surface area contributed by atoms with Gasteiger partial charge in [-0.3, -0.25) is 4.98 Å². The maximum absolute atomic E-state index is 8.72.